The molecule has 1 N–H and O–H groups in total. The zero-order chi connectivity index (χ0) is 9.15. The van der Waals surface area contributed by atoms with Crippen LogP contribution in [0, 0.1) is 0 Å². The monoisotopic (exact) mass is 186 g/mol. The molecule has 0 saturated carbocycles. The quantitative estimate of drug-likeness (QED) is 0.696. The molecule has 0 aromatic rings. The number of likely N-dealkylation sites (tertiary alicyclic amines) is 1. The normalized spacial score (nSPS) is 36.7. The van der Waals surface area contributed by atoms with E-state index in [2.05, 4.69) is 10.2 Å². The first-order valence-electron chi connectivity index (χ1n) is 5.41. The Hall–Kier alpha value is -0.150. The molecular weight excluding hydrogens is 167 g/mol. The number of rotatable bonds is 2. The summed E-state index contributed by atoms with van der Waals surface area (Å²) in [5.74, 6) is 0. The van der Waals surface area contributed by atoms with Gasteiger partial charge in [-0.2, -0.15) is 0 Å². The van der Waals surface area contributed by atoms with Crippen molar-refractivity contribution >= 4 is 0 Å². The molecule has 0 aromatic carbocycles. The molecule has 0 aliphatic carbocycles. The Morgan fingerprint density at radius 2 is 2.00 bits per heavy atom. The van der Waals surface area contributed by atoms with E-state index in [4.69, 9.17) is 0 Å². The second-order valence-corrected chi connectivity index (χ2v) is 4.38. The summed E-state index contributed by atoms with van der Waals surface area (Å²) in [7, 11) is 0. The highest BCUT2D eigenvalue weighted by molar-refractivity contribution is 4.88. The Morgan fingerprint density at radius 1 is 1.15 bits per heavy atom. The van der Waals surface area contributed by atoms with E-state index in [1.807, 2.05) is 0 Å². The number of nitrogens with zero attached hydrogens (tertiary/aromatic N) is 1. The molecule has 13 heavy (non-hydrogen) atoms. The summed E-state index contributed by atoms with van der Waals surface area (Å²) in [5.41, 5.74) is -0.899. The fourth-order valence-electron chi connectivity index (χ4n) is 2.19. The lowest BCUT2D eigenvalue weighted by atomic mass is 9.95. The van der Waals surface area contributed by atoms with Crippen LogP contribution < -0.4 is 5.32 Å². The Morgan fingerprint density at radius 3 is 2.69 bits per heavy atom. The molecule has 2 aliphatic heterocycles. The van der Waals surface area contributed by atoms with E-state index >= 15 is 0 Å². The maximum Gasteiger partial charge on any atom is 0.124 e. The summed E-state index contributed by atoms with van der Waals surface area (Å²) in [6.45, 7) is 4.74. The van der Waals surface area contributed by atoms with Crippen LogP contribution in [0.3, 0.4) is 0 Å². The first-order chi connectivity index (χ1) is 6.29. The lowest BCUT2D eigenvalue weighted by molar-refractivity contribution is 0.0497. The molecule has 0 bridgehead atoms. The van der Waals surface area contributed by atoms with Crippen LogP contribution in [0.4, 0.5) is 4.39 Å². The zero-order valence-corrected chi connectivity index (χ0v) is 8.19. The summed E-state index contributed by atoms with van der Waals surface area (Å²) >= 11 is 0. The van der Waals surface area contributed by atoms with Gasteiger partial charge in [0.25, 0.3) is 0 Å². The van der Waals surface area contributed by atoms with Crippen LogP contribution in [0.1, 0.15) is 25.7 Å². The van der Waals surface area contributed by atoms with Gasteiger partial charge in [0.1, 0.15) is 5.67 Å². The van der Waals surface area contributed by atoms with Crippen molar-refractivity contribution in [3.05, 3.63) is 0 Å². The average Bonchev–Trinajstić information content (AvgIpc) is 2.24. The predicted octanol–water partition coefficient (Wildman–Crippen LogP) is 1.17. The van der Waals surface area contributed by atoms with Crippen molar-refractivity contribution in [2.24, 2.45) is 0 Å². The smallest absolute Gasteiger partial charge is 0.124 e. The Bertz CT molecular complexity index is 160. The summed E-state index contributed by atoms with van der Waals surface area (Å²) in [5, 5.41) is 3.25. The van der Waals surface area contributed by atoms with Gasteiger partial charge in [-0.3, -0.25) is 0 Å². The minimum Gasteiger partial charge on any atom is -0.317 e. The van der Waals surface area contributed by atoms with Gasteiger partial charge >= 0.3 is 0 Å². The summed E-state index contributed by atoms with van der Waals surface area (Å²) in [6, 6.07) is 0. The van der Waals surface area contributed by atoms with Crippen molar-refractivity contribution in [3.63, 3.8) is 0 Å². The van der Waals surface area contributed by atoms with E-state index in [0.29, 0.717) is 13.0 Å². The van der Waals surface area contributed by atoms with Crippen molar-refractivity contribution < 1.29 is 4.39 Å². The molecule has 0 spiro atoms. The maximum absolute atomic E-state index is 14.2. The van der Waals surface area contributed by atoms with Gasteiger partial charge < -0.3 is 10.2 Å². The number of nitrogens with one attached hydrogen (secondary N) is 1. The van der Waals surface area contributed by atoms with Crippen molar-refractivity contribution in [3.8, 4) is 0 Å². The molecule has 0 radical (unpaired) electrons. The third-order valence-corrected chi connectivity index (χ3v) is 3.18. The maximum atomic E-state index is 14.2. The van der Waals surface area contributed by atoms with Crippen molar-refractivity contribution in [1.29, 1.82) is 0 Å². The van der Waals surface area contributed by atoms with E-state index in [-0.39, 0.29) is 0 Å². The SMILES string of the molecule is FC1(CN2CCC2)CCCNCC1. The van der Waals surface area contributed by atoms with Crippen LogP contribution in [-0.2, 0) is 0 Å². The van der Waals surface area contributed by atoms with Gasteiger partial charge in [-0.15, -0.1) is 0 Å². The van der Waals surface area contributed by atoms with E-state index < -0.39 is 5.67 Å². The second kappa shape index (κ2) is 3.93. The van der Waals surface area contributed by atoms with Crippen LogP contribution in [0.5, 0.6) is 0 Å². The summed E-state index contributed by atoms with van der Waals surface area (Å²) in [4.78, 5) is 2.24. The molecule has 2 rings (SSSR count). The molecule has 0 aromatic heterocycles. The molecular formula is C10H19FN2. The lowest BCUT2D eigenvalue weighted by Crippen LogP contribution is -2.46. The third kappa shape index (κ3) is 2.41. The van der Waals surface area contributed by atoms with Crippen molar-refractivity contribution in [2.45, 2.75) is 31.4 Å². The van der Waals surface area contributed by atoms with Gasteiger partial charge in [0.05, 0.1) is 0 Å². The van der Waals surface area contributed by atoms with Crippen LogP contribution in [-0.4, -0.2) is 43.3 Å². The van der Waals surface area contributed by atoms with Crippen molar-refractivity contribution in [2.75, 3.05) is 32.7 Å². The molecule has 2 aliphatic rings. The highest BCUT2D eigenvalue weighted by atomic mass is 19.1. The largest absolute Gasteiger partial charge is 0.317 e. The highest BCUT2D eigenvalue weighted by Crippen LogP contribution is 2.27. The molecule has 2 saturated heterocycles. The average molecular weight is 186 g/mol. The third-order valence-electron chi connectivity index (χ3n) is 3.18. The highest BCUT2D eigenvalue weighted by Gasteiger charge is 2.33. The number of hydrogen-bond acceptors (Lipinski definition) is 2. The van der Waals surface area contributed by atoms with Gasteiger partial charge in [-0.1, -0.05) is 0 Å². The molecule has 3 heteroatoms. The standard InChI is InChI=1S/C10H19FN2/c11-10(9-13-7-2-8-13)3-1-5-12-6-4-10/h12H,1-9H2. The van der Waals surface area contributed by atoms with E-state index in [1.165, 1.54) is 6.42 Å². The fraction of sp³-hybridized carbons (Fsp3) is 1.00. The van der Waals surface area contributed by atoms with Crippen LogP contribution >= 0.6 is 0 Å². The van der Waals surface area contributed by atoms with Crippen LogP contribution in [0.25, 0.3) is 0 Å². The predicted molar refractivity (Wildman–Crippen MR) is 51.6 cm³/mol. The first-order valence-corrected chi connectivity index (χ1v) is 5.41. The van der Waals surface area contributed by atoms with Crippen LogP contribution in [0.2, 0.25) is 0 Å². The molecule has 1 unspecified atom stereocenters. The molecule has 0 amide bonds. The molecule has 2 heterocycles. The Balaban J connectivity index is 1.84. The van der Waals surface area contributed by atoms with Gasteiger partial charge in [0.2, 0.25) is 0 Å². The minimum atomic E-state index is -0.899. The summed E-state index contributed by atoms with van der Waals surface area (Å²) in [6.07, 6.45) is 3.69. The van der Waals surface area contributed by atoms with Gasteiger partial charge in [0, 0.05) is 6.54 Å². The lowest BCUT2D eigenvalue weighted by Gasteiger charge is -2.37. The number of halogens is 1. The molecule has 1 atom stereocenters. The topological polar surface area (TPSA) is 15.3 Å². The van der Waals surface area contributed by atoms with Gasteiger partial charge in [-0.25, -0.2) is 4.39 Å². The first kappa shape index (κ1) is 9.41. The minimum absolute atomic E-state index is 0.675. The molecule has 76 valence electrons. The van der Waals surface area contributed by atoms with E-state index in [9.17, 15) is 4.39 Å². The summed E-state index contributed by atoms with van der Waals surface area (Å²) < 4.78 is 14.2. The zero-order valence-electron chi connectivity index (χ0n) is 8.19. The number of hydrogen-bond donors (Lipinski definition) is 1. The Labute approximate surface area is 79.5 Å². The molecule has 2 fully saturated rings. The van der Waals surface area contributed by atoms with Crippen LogP contribution in [0.15, 0.2) is 0 Å². The fourth-order valence-corrected chi connectivity index (χ4v) is 2.19. The molecule has 2 nitrogen and oxygen atoms in total. The Kier molecular flexibility index (Phi) is 2.84. The second-order valence-electron chi connectivity index (χ2n) is 4.38. The number of alkyl halides is 1. The van der Waals surface area contributed by atoms with E-state index in [1.54, 1.807) is 0 Å². The van der Waals surface area contributed by atoms with Gasteiger partial charge in [-0.05, 0) is 51.9 Å². The van der Waals surface area contributed by atoms with Gasteiger partial charge in [0.15, 0.2) is 0 Å². The van der Waals surface area contributed by atoms with E-state index in [0.717, 1.165) is 39.0 Å². The van der Waals surface area contributed by atoms with Crippen molar-refractivity contribution in [1.82, 2.24) is 10.2 Å².